The monoisotopic (exact) mass is 255 g/mol. The van der Waals surface area contributed by atoms with Gasteiger partial charge in [-0.2, -0.15) is 0 Å². The van der Waals surface area contributed by atoms with Gasteiger partial charge in [-0.05, 0) is 25.4 Å². The first-order valence-electron chi connectivity index (χ1n) is 6.58. The van der Waals surface area contributed by atoms with Gasteiger partial charge in [0.15, 0.2) is 0 Å². The maximum absolute atomic E-state index is 12.0. The van der Waals surface area contributed by atoms with Crippen molar-refractivity contribution in [2.45, 2.75) is 12.8 Å². The molecule has 1 amide bonds. The average molecular weight is 255 g/mol. The van der Waals surface area contributed by atoms with Crippen LogP contribution in [0.5, 0.6) is 0 Å². The Morgan fingerprint density at radius 3 is 2.50 bits per heavy atom. The summed E-state index contributed by atoms with van der Waals surface area (Å²) >= 11 is 0. The molecular weight excluding hydrogens is 234 g/mol. The Balaban J connectivity index is 1.71. The molecule has 2 aliphatic rings. The zero-order valence-corrected chi connectivity index (χ0v) is 10.6. The summed E-state index contributed by atoms with van der Waals surface area (Å²) in [5.74, 6) is -0.0972. The summed E-state index contributed by atoms with van der Waals surface area (Å²) in [7, 11) is 0. The van der Waals surface area contributed by atoms with Gasteiger partial charge in [0.25, 0.3) is 0 Å². The Morgan fingerprint density at radius 1 is 1.22 bits per heavy atom. The molecule has 1 unspecified atom stereocenters. The smallest absolute Gasteiger partial charge is 0.317 e. The number of amides is 1. The van der Waals surface area contributed by atoms with Gasteiger partial charge in [0.2, 0.25) is 5.91 Å². The number of carbonyl (C=O) groups excluding carboxylic acids is 1. The number of piperazine rings is 1. The predicted molar refractivity (Wildman–Crippen MR) is 66.2 cm³/mol. The van der Waals surface area contributed by atoms with Crippen LogP contribution in [0.15, 0.2) is 0 Å². The number of nitrogens with one attached hydrogen (secondary N) is 1. The molecule has 0 radical (unpaired) electrons. The fraction of sp³-hybridized carbons (Fsp3) is 0.833. The lowest BCUT2D eigenvalue weighted by molar-refractivity contribution is -0.139. The molecule has 0 aromatic heterocycles. The quantitative estimate of drug-likeness (QED) is 0.689. The van der Waals surface area contributed by atoms with E-state index in [0.29, 0.717) is 38.5 Å². The van der Waals surface area contributed by atoms with Crippen LogP contribution in [0.1, 0.15) is 12.8 Å². The first-order chi connectivity index (χ1) is 8.65. The fourth-order valence-electron chi connectivity index (χ4n) is 2.61. The lowest BCUT2D eigenvalue weighted by atomic mass is 10.0. The second-order valence-corrected chi connectivity index (χ2v) is 5.11. The molecule has 6 heteroatoms. The Morgan fingerprint density at radius 2 is 1.94 bits per heavy atom. The molecule has 2 saturated heterocycles. The van der Waals surface area contributed by atoms with Crippen LogP contribution in [0.2, 0.25) is 0 Å². The number of rotatable bonds is 4. The molecule has 2 fully saturated rings. The number of carboxylic acid groups (broad SMARTS) is 1. The molecular formula is C12H21N3O3. The summed E-state index contributed by atoms with van der Waals surface area (Å²) in [5.41, 5.74) is 0. The highest BCUT2D eigenvalue weighted by Crippen LogP contribution is 2.14. The standard InChI is InChI=1S/C12H21N3O3/c16-11(7-10-1-2-13-8-10)15-5-3-14(4-6-15)9-12(17)18/h10,13H,1-9H2,(H,17,18). The van der Waals surface area contributed by atoms with E-state index >= 15 is 0 Å². The van der Waals surface area contributed by atoms with E-state index < -0.39 is 5.97 Å². The molecule has 2 N–H and O–H groups in total. The number of aliphatic carboxylic acids is 1. The molecule has 102 valence electrons. The SMILES string of the molecule is O=C(O)CN1CCN(C(=O)CC2CCNC2)CC1. The number of carbonyl (C=O) groups is 2. The predicted octanol–water partition coefficient (Wildman–Crippen LogP) is -0.785. The topological polar surface area (TPSA) is 72.9 Å². The summed E-state index contributed by atoms with van der Waals surface area (Å²) in [4.78, 5) is 26.4. The van der Waals surface area contributed by atoms with E-state index in [2.05, 4.69) is 5.32 Å². The van der Waals surface area contributed by atoms with E-state index in [0.717, 1.165) is 19.5 Å². The molecule has 2 rings (SSSR count). The van der Waals surface area contributed by atoms with Crippen LogP contribution in [0.3, 0.4) is 0 Å². The lowest BCUT2D eigenvalue weighted by Gasteiger charge is -2.34. The maximum Gasteiger partial charge on any atom is 0.317 e. The highest BCUT2D eigenvalue weighted by Gasteiger charge is 2.25. The van der Waals surface area contributed by atoms with E-state index in [1.165, 1.54) is 0 Å². The van der Waals surface area contributed by atoms with E-state index in [4.69, 9.17) is 5.11 Å². The molecule has 6 nitrogen and oxygen atoms in total. The first-order valence-corrected chi connectivity index (χ1v) is 6.58. The lowest BCUT2D eigenvalue weighted by Crippen LogP contribution is -2.50. The minimum absolute atomic E-state index is 0.0780. The molecule has 2 heterocycles. The minimum atomic E-state index is -0.799. The highest BCUT2D eigenvalue weighted by molar-refractivity contribution is 5.76. The molecule has 0 aromatic rings. The van der Waals surface area contributed by atoms with Crippen LogP contribution in [0.4, 0.5) is 0 Å². The first kappa shape index (κ1) is 13.3. The molecule has 0 aromatic carbocycles. The summed E-state index contributed by atoms with van der Waals surface area (Å²) in [5, 5.41) is 12.0. The molecule has 0 saturated carbocycles. The van der Waals surface area contributed by atoms with Gasteiger partial charge in [-0.3, -0.25) is 14.5 Å². The summed E-state index contributed by atoms with van der Waals surface area (Å²) in [6, 6.07) is 0. The Kier molecular flexibility index (Phi) is 4.54. The molecule has 0 bridgehead atoms. The molecule has 2 aliphatic heterocycles. The van der Waals surface area contributed by atoms with E-state index in [1.54, 1.807) is 0 Å². The third-order valence-electron chi connectivity index (χ3n) is 3.71. The normalized spacial score (nSPS) is 25.3. The number of hydrogen-bond donors (Lipinski definition) is 2. The molecule has 0 aliphatic carbocycles. The van der Waals surface area contributed by atoms with Gasteiger partial charge < -0.3 is 15.3 Å². The molecule has 1 atom stereocenters. The van der Waals surface area contributed by atoms with Crippen molar-refractivity contribution in [1.82, 2.24) is 15.1 Å². The van der Waals surface area contributed by atoms with Gasteiger partial charge in [0.05, 0.1) is 6.54 Å². The highest BCUT2D eigenvalue weighted by atomic mass is 16.4. The van der Waals surface area contributed by atoms with Crippen molar-refractivity contribution in [2.75, 3.05) is 45.8 Å². The third kappa shape index (κ3) is 3.68. The van der Waals surface area contributed by atoms with Crippen LogP contribution in [0.25, 0.3) is 0 Å². The van der Waals surface area contributed by atoms with Crippen molar-refractivity contribution >= 4 is 11.9 Å². The maximum atomic E-state index is 12.0. The Hall–Kier alpha value is -1.14. The van der Waals surface area contributed by atoms with E-state index in [9.17, 15) is 9.59 Å². The summed E-state index contributed by atoms with van der Waals surface area (Å²) < 4.78 is 0. The van der Waals surface area contributed by atoms with Crippen molar-refractivity contribution < 1.29 is 14.7 Å². The van der Waals surface area contributed by atoms with Crippen molar-refractivity contribution in [3.05, 3.63) is 0 Å². The van der Waals surface area contributed by atoms with E-state index in [1.807, 2.05) is 9.80 Å². The second kappa shape index (κ2) is 6.15. The second-order valence-electron chi connectivity index (χ2n) is 5.11. The number of carboxylic acids is 1. The van der Waals surface area contributed by atoms with Gasteiger partial charge in [-0.15, -0.1) is 0 Å². The zero-order valence-electron chi connectivity index (χ0n) is 10.6. The summed E-state index contributed by atoms with van der Waals surface area (Å²) in [6.07, 6.45) is 1.72. The van der Waals surface area contributed by atoms with Crippen LogP contribution >= 0.6 is 0 Å². The van der Waals surface area contributed by atoms with Gasteiger partial charge >= 0.3 is 5.97 Å². The molecule has 18 heavy (non-hydrogen) atoms. The third-order valence-corrected chi connectivity index (χ3v) is 3.71. The molecule has 0 spiro atoms. The van der Waals surface area contributed by atoms with Crippen molar-refractivity contribution in [3.8, 4) is 0 Å². The van der Waals surface area contributed by atoms with E-state index in [-0.39, 0.29) is 12.5 Å². The Labute approximate surface area is 107 Å². The van der Waals surface area contributed by atoms with Crippen LogP contribution in [-0.2, 0) is 9.59 Å². The van der Waals surface area contributed by atoms with Gasteiger partial charge in [-0.1, -0.05) is 0 Å². The number of hydrogen-bond acceptors (Lipinski definition) is 4. The van der Waals surface area contributed by atoms with Gasteiger partial charge in [0, 0.05) is 32.6 Å². The van der Waals surface area contributed by atoms with Crippen LogP contribution in [-0.4, -0.2) is 72.6 Å². The Bertz CT molecular complexity index is 308. The zero-order chi connectivity index (χ0) is 13.0. The fourth-order valence-corrected chi connectivity index (χ4v) is 2.61. The van der Waals surface area contributed by atoms with Gasteiger partial charge in [0.1, 0.15) is 0 Å². The van der Waals surface area contributed by atoms with Crippen LogP contribution in [0, 0.1) is 5.92 Å². The summed E-state index contributed by atoms with van der Waals surface area (Å²) in [6.45, 7) is 4.70. The minimum Gasteiger partial charge on any atom is -0.480 e. The van der Waals surface area contributed by atoms with Crippen molar-refractivity contribution in [1.29, 1.82) is 0 Å². The largest absolute Gasteiger partial charge is 0.480 e. The van der Waals surface area contributed by atoms with Crippen molar-refractivity contribution in [3.63, 3.8) is 0 Å². The number of nitrogens with zero attached hydrogens (tertiary/aromatic N) is 2. The van der Waals surface area contributed by atoms with Crippen LogP contribution < -0.4 is 5.32 Å². The van der Waals surface area contributed by atoms with Crippen molar-refractivity contribution in [2.24, 2.45) is 5.92 Å². The average Bonchev–Trinajstić information content (AvgIpc) is 2.82. The van der Waals surface area contributed by atoms with Gasteiger partial charge in [-0.25, -0.2) is 0 Å².